The summed E-state index contributed by atoms with van der Waals surface area (Å²) >= 11 is 0. The van der Waals surface area contributed by atoms with E-state index in [2.05, 4.69) is 6.92 Å². The molecule has 2 N–H and O–H groups in total. The van der Waals surface area contributed by atoms with Crippen molar-refractivity contribution >= 4 is 0 Å². The lowest BCUT2D eigenvalue weighted by atomic mass is 10.1. The number of ether oxygens (including phenoxy) is 3. The number of hydrogen-bond donors (Lipinski definition) is 1. The fourth-order valence-corrected chi connectivity index (χ4v) is 1.64. The lowest BCUT2D eigenvalue weighted by Crippen LogP contribution is -2.30. The number of hydrogen-bond acceptors (Lipinski definition) is 4. The summed E-state index contributed by atoms with van der Waals surface area (Å²) in [4.78, 5) is 0. The molecule has 1 atom stereocenters. The Bertz CT molecular complexity index is 326. The van der Waals surface area contributed by atoms with Crippen LogP contribution in [0.5, 0.6) is 5.75 Å². The largest absolute Gasteiger partial charge is 0.493 e. The van der Waals surface area contributed by atoms with Gasteiger partial charge >= 0.3 is 0 Å². The summed E-state index contributed by atoms with van der Waals surface area (Å²) in [6, 6.07) is 7.33. The van der Waals surface area contributed by atoms with Crippen molar-refractivity contribution < 1.29 is 14.2 Å². The molecule has 0 spiro atoms. The van der Waals surface area contributed by atoms with Gasteiger partial charge in [-0.2, -0.15) is 0 Å². The molecule has 1 aromatic carbocycles. The fraction of sp³-hybridized carbons (Fsp3) is 0.538. The number of nitrogens with two attached hydrogens (primary N) is 1. The average Bonchev–Trinajstić information content (AvgIpc) is 2.38. The van der Waals surface area contributed by atoms with Gasteiger partial charge in [0.25, 0.3) is 0 Å². The molecule has 0 amide bonds. The smallest absolute Gasteiger partial charge is 0.176 e. The lowest BCUT2D eigenvalue weighted by molar-refractivity contribution is -0.117. The summed E-state index contributed by atoms with van der Waals surface area (Å²) in [6.45, 7) is 2.74. The van der Waals surface area contributed by atoms with Crippen LogP contribution in [-0.2, 0) is 9.47 Å². The van der Waals surface area contributed by atoms with Crippen molar-refractivity contribution in [3.8, 4) is 5.75 Å². The van der Waals surface area contributed by atoms with Crippen molar-refractivity contribution in [3.63, 3.8) is 0 Å². The molecule has 0 aliphatic rings. The van der Waals surface area contributed by atoms with E-state index in [0.717, 1.165) is 17.7 Å². The average molecular weight is 239 g/mol. The molecule has 1 aromatic rings. The van der Waals surface area contributed by atoms with E-state index in [-0.39, 0.29) is 6.04 Å². The van der Waals surface area contributed by atoms with Crippen LogP contribution >= 0.6 is 0 Å². The molecule has 1 unspecified atom stereocenters. The molecule has 0 aliphatic carbocycles. The third-order valence-corrected chi connectivity index (χ3v) is 2.50. The maximum absolute atomic E-state index is 6.10. The van der Waals surface area contributed by atoms with Crippen LogP contribution in [0, 0.1) is 0 Å². The van der Waals surface area contributed by atoms with E-state index < -0.39 is 6.29 Å². The van der Waals surface area contributed by atoms with Crippen molar-refractivity contribution in [2.45, 2.75) is 25.7 Å². The molecule has 0 saturated carbocycles. The topological polar surface area (TPSA) is 53.7 Å². The number of para-hydroxylation sites is 1. The Kier molecular flexibility index (Phi) is 5.97. The molecule has 17 heavy (non-hydrogen) atoms. The van der Waals surface area contributed by atoms with Crippen molar-refractivity contribution in [1.82, 2.24) is 0 Å². The zero-order chi connectivity index (χ0) is 12.7. The number of methoxy groups -OCH3 is 2. The molecule has 0 bridgehead atoms. The van der Waals surface area contributed by atoms with E-state index in [1.54, 1.807) is 14.2 Å². The molecule has 0 aliphatic heterocycles. The Morgan fingerprint density at radius 3 is 2.41 bits per heavy atom. The van der Waals surface area contributed by atoms with Crippen molar-refractivity contribution in [2.24, 2.45) is 5.73 Å². The first-order valence-corrected chi connectivity index (χ1v) is 5.77. The van der Waals surface area contributed by atoms with Gasteiger partial charge in [0, 0.05) is 19.8 Å². The second-order valence-corrected chi connectivity index (χ2v) is 3.75. The highest BCUT2D eigenvalue weighted by Crippen LogP contribution is 2.27. The van der Waals surface area contributed by atoms with Gasteiger partial charge in [0.1, 0.15) is 5.75 Å². The number of rotatable bonds is 7. The third kappa shape index (κ3) is 3.70. The van der Waals surface area contributed by atoms with E-state index in [1.165, 1.54) is 0 Å². The van der Waals surface area contributed by atoms with Crippen LogP contribution in [0.2, 0.25) is 0 Å². The van der Waals surface area contributed by atoms with Gasteiger partial charge in [-0.3, -0.25) is 0 Å². The Balaban J connectivity index is 2.87. The summed E-state index contributed by atoms with van der Waals surface area (Å²) in [5, 5.41) is 0. The van der Waals surface area contributed by atoms with Crippen molar-refractivity contribution in [1.29, 1.82) is 0 Å². The van der Waals surface area contributed by atoms with Crippen LogP contribution in [0.15, 0.2) is 24.3 Å². The molecule has 0 saturated heterocycles. The predicted molar refractivity (Wildman–Crippen MR) is 67.0 cm³/mol. The van der Waals surface area contributed by atoms with Gasteiger partial charge in [-0.1, -0.05) is 25.1 Å². The van der Waals surface area contributed by atoms with Crippen molar-refractivity contribution in [2.75, 3.05) is 20.8 Å². The first-order valence-electron chi connectivity index (χ1n) is 5.77. The maximum atomic E-state index is 6.10. The Morgan fingerprint density at radius 2 is 1.82 bits per heavy atom. The minimum atomic E-state index is -0.471. The second kappa shape index (κ2) is 7.27. The van der Waals surface area contributed by atoms with Gasteiger partial charge < -0.3 is 19.9 Å². The molecule has 0 fully saturated rings. The van der Waals surface area contributed by atoms with Crippen LogP contribution in [-0.4, -0.2) is 27.1 Å². The lowest BCUT2D eigenvalue weighted by Gasteiger charge is -2.23. The van der Waals surface area contributed by atoms with Crippen molar-refractivity contribution in [3.05, 3.63) is 29.8 Å². The zero-order valence-corrected chi connectivity index (χ0v) is 10.7. The molecule has 0 radical (unpaired) electrons. The summed E-state index contributed by atoms with van der Waals surface area (Å²) < 4.78 is 16.0. The van der Waals surface area contributed by atoms with E-state index in [9.17, 15) is 0 Å². The summed E-state index contributed by atoms with van der Waals surface area (Å²) in [5.74, 6) is 0.793. The Morgan fingerprint density at radius 1 is 1.18 bits per heavy atom. The third-order valence-electron chi connectivity index (χ3n) is 2.50. The van der Waals surface area contributed by atoms with Gasteiger partial charge in [0.05, 0.1) is 12.6 Å². The first kappa shape index (κ1) is 14.0. The van der Waals surface area contributed by atoms with Gasteiger partial charge in [0.2, 0.25) is 0 Å². The zero-order valence-electron chi connectivity index (χ0n) is 10.7. The number of benzene rings is 1. The molecular weight excluding hydrogens is 218 g/mol. The van der Waals surface area contributed by atoms with Gasteiger partial charge in [-0.15, -0.1) is 0 Å². The summed E-state index contributed by atoms with van der Waals surface area (Å²) in [5.41, 5.74) is 7.00. The molecule has 96 valence electrons. The molecule has 4 heteroatoms. The normalized spacial score (nSPS) is 12.8. The fourth-order valence-electron chi connectivity index (χ4n) is 1.64. The van der Waals surface area contributed by atoms with E-state index >= 15 is 0 Å². The summed E-state index contributed by atoms with van der Waals surface area (Å²) in [6.07, 6.45) is 0.489. The highest BCUT2D eigenvalue weighted by atomic mass is 16.7. The summed E-state index contributed by atoms with van der Waals surface area (Å²) in [7, 11) is 3.15. The quantitative estimate of drug-likeness (QED) is 0.740. The molecular formula is C13H21NO3. The second-order valence-electron chi connectivity index (χ2n) is 3.75. The molecule has 0 heterocycles. The standard InChI is InChI=1S/C13H21NO3/c1-4-9-17-11-8-6-5-7-10(11)12(14)13(15-2)16-3/h5-8,12-13H,4,9,14H2,1-3H3. The van der Waals surface area contributed by atoms with Crippen LogP contribution in [0.3, 0.4) is 0 Å². The van der Waals surface area contributed by atoms with Gasteiger partial charge in [-0.25, -0.2) is 0 Å². The van der Waals surface area contributed by atoms with Crippen LogP contribution in [0.4, 0.5) is 0 Å². The minimum absolute atomic E-state index is 0.363. The highest BCUT2D eigenvalue weighted by molar-refractivity contribution is 5.36. The molecule has 1 rings (SSSR count). The van der Waals surface area contributed by atoms with E-state index in [1.807, 2.05) is 24.3 Å². The van der Waals surface area contributed by atoms with Gasteiger partial charge in [-0.05, 0) is 12.5 Å². The highest BCUT2D eigenvalue weighted by Gasteiger charge is 2.21. The van der Waals surface area contributed by atoms with Crippen LogP contribution < -0.4 is 10.5 Å². The first-order chi connectivity index (χ1) is 8.24. The van der Waals surface area contributed by atoms with E-state index in [4.69, 9.17) is 19.9 Å². The maximum Gasteiger partial charge on any atom is 0.176 e. The van der Waals surface area contributed by atoms with E-state index in [0.29, 0.717) is 6.61 Å². The van der Waals surface area contributed by atoms with Crippen LogP contribution in [0.1, 0.15) is 24.9 Å². The van der Waals surface area contributed by atoms with Crippen LogP contribution in [0.25, 0.3) is 0 Å². The molecule has 4 nitrogen and oxygen atoms in total. The molecule has 0 aromatic heterocycles. The Hall–Kier alpha value is -1.10. The van der Waals surface area contributed by atoms with Gasteiger partial charge in [0.15, 0.2) is 6.29 Å². The SMILES string of the molecule is CCCOc1ccccc1C(N)C(OC)OC. The monoisotopic (exact) mass is 239 g/mol. The Labute approximate surface area is 103 Å². The predicted octanol–water partition coefficient (Wildman–Crippen LogP) is 2.09. The minimum Gasteiger partial charge on any atom is -0.493 e.